The number of carbonyl (C=O) groups is 1. The van der Waals surface area contributed by atoms with E-state index in [1.807, 2.05) is 30.3 Å². The fourth-order valence-electron chi connectivity index (χ4n) is 3.16. The van der Waals surface area contributed by atoms with Gasteiger partial charge in [-0.2, -0.15) is 0 Å². The molecule has 0 fully saturated rings. The Morgan fingerprint density at radius 2 is 1.87 bits per heavy atom. The van der Waals surface area contributed by atoms with Gasteiger partial charge in [-0.1, -0.05) is 57.9 Å². The molecule has 4 nitrogen and oxygen atoms in total. The quantitative estimate of drug-likeness (QED) is 0.317. The van der Waals surface area contributed by atoms with E-state index in [2.05, 4.69) is 21.2 Å². The Kier molecular flexibility index (Phi) is 5.79. The summed E-state index contributed by atoms with van der Waals surface area (Å²) in [5, 5.41) is 3.66. The van der Waals surface area contributed by atoms with Crippen LogP contribution in [0.25, 0.3) is 22.3 Å². The monoisotopic (exact) mass is 487 g/mol. The molecule has 7 heteroatoms. The van der Waals surface area contributed by atoms with Crippen molar-refractivity contribution in [3.05, 3.63) is 87.6 Å². The van der Waals surface area contributed by atoms with Crippen molar-refractivity contribution >= 4 is 50.3 Å². The summed E-state index contributed by atoms with van der Waals surface area (Å²) < 4.78 is 26.2. The summed E-state index contributed by atoms with van der Waals surface area (Å²) in [6, 6.07) is 18.6. The van der Waals surface area contributed by atoms with Gasteiger partial charge in [0.2, 0.25) is 0 Å². The van der Waals surface area contributed by atoms with Crippen LogP contribution in [0.2, 0.25) is 5.02 Å². The van der Waals surface area contributed by atoms with Crippen molar-refractivity contribution in [1.82, 2.24) is 0 Å². The number of carbonyl (C=O) groups excluding carboxylic acids is 1. The number of fused-ring (bicyclic) bond motifs is 1. The summed E-state index contributed by atoms with van der Waals surface area (Å²) >= 11 is 9.58. The lowest BCUT2D eigenvalue weighted by Crippen LogP contribution is -2.16. The predicted octanol–water partition coefficient (Wildman–Crippen LogP) is 7.96. The lowest BCUT2D eigenvalue weighted by molar-refractivity contribution is 0.121. The zero-order valence-corrected chi connectivity index (χ0v) is 18.1. The number of furan rings is 1. The lowest BCUT2D eigenvalue weighted by Gasteiger charge is -2.15. The summed E-state index contributed by atoms with van der Waals surface area (Å²) in [6.45, 7) is 1.73. The van der Waals surface area contributed by atoms with Gasteiger partial charge < -0.3 is 9.15 Å². The molecule has 0 aliphatic rings. The molecule has 0 saturated carbocycles. The van der Waals surface area contributed by atoms with E-state index in [0.717, 1.165) is 10.0 Å². The van der Waals surface area contributed by atoms with Gasteiger partial charge in [0, 0.05) is 26.0 Å². The number of rotatable bonds is 4. The van der Waals surface area contributed by atoms with E-state index >= 15 is 0 Å². The molecule has 0 bridgehead atoms. The first-order chi connectivity index (χ1) is 14.4. The highest BCUT2D eigenvalue weighted by Crippen LogP contribution is 2.39. The highest BCUT2D eigenvalue weighted by molar-refractivity contribution is 9.10. The molecule has 1 aromatic heterocycles. The van der Waals surface area contributed by atoms with E-state index < -0.39 is 18.0 Å². The van der Waals surface area contributed by atoms with Crippen molar-refractivity contribution in [2.24, 2.45) is 0 Å². The van der Waals surface area contributed by atoms with Gasteiger partial charge in [-0.05, 0) is 43.3 Å². The Balaban J connectivity index is 1.68. The van der Waals surface area contributed by atoms with E-state index in [0.29, 0.717) is 33.0 Å². The van der Waals surface area contributed by atoms with Gasteiger partial charge in [0.25, 0.3) is 0 Å². The summed E-state index contributed by atoms with van der Waals surface area (Å²) in [4.78, 5) is 12.7. The molecule has 0 aliphatic heterocycles. The fourth-order valence-corrected chi connectivity index (χ4v) is 3.71. The van der Waals surface area contributed by atoms with Crippen LogP contribution in [0, 0.1) is 5.82 Å². The molecule has 1 heterocycles. The third kappa shape index (κ3) is 4.20. The van der Waals surface area contributed by atoms with E-state index in [-0.39, 0.29) is 0 Å². The Morgan fingerprint density at radius 3 is 2.60 bits per heavy atom. The summed E-state index contributed by atoms with van der Waals surface area (Å²) in [5.74, 6) is -0.0306. The molecular formula is C23H16BrClFNO3. The van der Waals surface area contributed by atoms with Gasteiger partial charge >= 0.3 is 6.09 Å². The van der Waals surface area contributed by atoms with Crippen LogP contribution < -0.4 is 5.32 Å². The molecule has 4 rings (SSSR count). The van der Waals surface area contributed by atoms with Crippen molar-refractivity contribution in [2.75, 3.05) is 5.32 Å². The van der Waals surface area contributed by atoms with Crippen LogP contribution in [0.5, 0.6) is 0 Å². The fraction of sp³-hybridized carbons (Fsp3) is 0.0870. The van der Waals surface area contributed by atoms with Crippen molar-refractivity contribution in [1.29, 1.82) is 0 Å². The predicted molar refractivity (Wildman–Crippen MR) is 119 cm³/mol. The number of hydrogen-bond acceptors (Lipinski definition) is 3. The zero-order chi connectivity index (χ0) is 21.3. The van der Waals surface area contributed by atoms with Crippen LogP contribution in [-0.2, 0) is 4.74 Å². The topological polar surface area (TPSA) is 51.5 Å². The number of amides is 1. The smallest absolute Gasteiger partial charge is 0.412 e. The van der Waals surface area contributed by atoms with Crippen LogP contribution >= 0.6 is 27.5 Å². The SMILES string of the molecule is CC(OC(=O)Nc1c(-c2ccc(Br)cc2)oc2ccc(F)cc12)c1ccccc1Cl. The minimum absolute atomic E-state index is 0.336. The number of nitrogens with one attached hydrogen (secondary N) is 1. The first kappa shape index (κ1) is 20.4. The normalized spacial score (nSPS) is 12.0. The molecule has 3 aromatic carbocycles. The average molecular weight is 489 g/mol. The van der Waals surface area contributed by atoms with Gasteiger partial charge in [0.05, 0.1) is 5.69 Å². The Hall–Kier alpha value is -2.83. The minimum Gasteiger partial charge on any atom is -0.454 e. The number of ether oxygens (including phenoxy) is 1. The highest BCUT2D eigenvalue weighted by Gasteiger charge is 2.21. The molecule has 0 spiro atoms. The maximum absolute atomic E-state index is 13.9. The highest BCUT2D eigenvalue weighted by atomic mass is 79.9. The first-order valence-electron chi connectivity index (χ1n) is 9.12. The van der Waals surface area contributed by atoms with Crippen LogP contribution in [0.3, 0.4) is 0 Å². The second kappa shape index (κ2) is 8.50. The lowest BCUT2D eigenvalue weighted by atomic mass is 10.1. The minimum atomic E-state index is -0.701. The molecule has 0 radical (unpaired) electrons. The second-order valence-corrected chi connectivity index (χ2v) is 7.97. The van der Waals surface area contributed by atoms with Gasteiger partial charge in [-0.3, -0.25) is 5.32 Å². The number of hydrogen-bond donors (Lipinski definition) is 1. The van der Waals surface area contributed by atoms with Gasteiger partial charge in [-0.15, -0.1) is 0 Å². The zero-order valence-electron chi connectivity index (χ0n) is 15.8. The summed E-state index contributed by atoms with van der Waals surface area (Å²) in [7, 11) is 0. The molecule has 1 atom stereocenters. The maximum Gasteiger partial charge on any atom is 0.412 e. The first-order valence-corrected chi connectivity index (χ1v) is 10.3. The van der Waals surface area contributed by atoms with Crippen molar-refractivity contribution < 1.29 is 18.3 Å². The molecule has 152 valence electrons. The molecule has 1 amide bonds. The van der Waals surface area contributed by atoms with Crippen molar-refractivity contribution in [3.8, 4) is 11.3 Å². The standard InChI is InChI=1S/C23H16BrClFNO3/c1-13(17-4-2-3-5-19(17)25)29-23(28)27-21-18-12-16(26)10-11-20(18)30-22(21)14-6-8-15(24)9-7-14/h2-13H,1H3,(H,27,28). The van der Waals surface area contributed by atoms with Crippen LogP contribution in [0.15, 0.2) is 75.6 Å². The molecule has 4 aromatic rings. The molecular weight excluding hydrogens is 473 g/mol. The Bertz CT molecular complexity index is 1220. The molecule has 1 N–H and O–H groups in total. The van der Waals surface area contributed by atoms with E-state index in [1.54, 1.807) is 25.1 Å². The Morgan fingerprint density at radius 1 is 1.13 bits per heavy atom. The average Bonchev–Trinajstić information content (AvgIpc) is 3.06. The van der Waals surface area contributed by atoms with Crippen molar-refractivity contribution in [3.63, 3.8) is 0 Å². The number of anilines is 1. The molecule has 0 aliphatic carbocycles. The van der Waals surface area contributed by atoms with E-state index in [4.69, 9.17) is 20.8 Å². The summed E-state index contributed by atoms with van der Waals surface area (Å²) in [6.07, 6.45) is -1.28. The largest absolute Gasteiger partial charge is 0.454 e. The van der Waals surface area contributed by atoms with Crippen molar-refractivity contribution in [2.45, 2.75) is 13.0 Å². The van der Waals surface area contributed by atoms with Crippen LogP contribution in [0.4, 0.5) is 14.9 Å². The summed E-state index contributed by atoms with van der Waals surface area (Å²) in [5.41, 5.74) is 2.20. The second-order valence-electron chi connectivity index (χ2n) is 6.65. The van der Waals surface area contributed by atoms with Gasteiger partial charge in [0.1, 0.15) is 17.5 Å². The van der Waals surface area contributed by atoms with E-state index in [9.17, 15) is 9.18 Å². The third-order valence-corrected chi connectivity index (χ3v) is 5.48. The molecule has 0 saturated heterocycles. The van der Waals surface area contributed by atoms with Gasteiger partial charge in [-0.25, -0.2) is 9.18 Å². The van der Waals surface area contributed by atoms with Crippen LogP contribution in [0.1, 0.15) is 18.6 Å². The van der Waals surface area contributed by atoms with E-state index in [1.165, 1.54) is 18.2 Å². The maximum atomic E-state index is 13.9. The number of halogens is 3. The molecule has 30 heavy (non-hydrogen) atoms. The third-order valence-electron chi connectivity index (χ3n) is 4.61. The van der Waals surface area contributed by atoms with Crippen LogP contribution in [-0.4, -0.2) is 6.09 Å². The Labute approximate surface area is 185 Å². The molecule has 1 unspecified atom stereocenters. The van der Waals surface area contributed by atoms with Gasteiger partial charge in [0.15, 0.2) is 5.76 Å². The number of benzene rings is 3.